The van der Waals surface area contributed by atoms with Crippen LogP contribution in [0, 0.1) is 6.92 Å². The summed E-state index contributed by atoms with van der Waals surface area (Å²) >= 11 is 0. The van der Waals surface area contributed by atoms with E-state index in [2.05, 4.69) is 20.6 Å². The number of anilines is 1. The van der Waals surface area contributed by atoms with E-state index in [9.17, 15) is 4.79 Å². The number of amides is 1. The smallest absolute Gasteiger partial charge is 0.255 e. The van der Waals surface area contributed by atoms with Gasteiger partial charge in [-0.2, -0.15) is 0 Å². The molecule has 0 bridgehead atoms. The Morgan fingerprint density at radius 3 is 2.90 bits per heavy atom. The molecule has 0 aromatic carbocycles. The molecule has 0 fully saturated rings. The van der Waals surface area contributed by atoms with Crippen LogP contribution in [0.1, 0.15) is 28.5 Å². The fraction of sp³-hybridized carbons (Fsp3) is 0.267. The van der Waals surface area contributed by atoms with Crippen molar-refractivity contribution in [1.82, 2.24) is 15.3 Å². The number of nitrogens with one attached hydrogen (secondary N) is 2. The average molecular weight is 270 g/mol. The average Bonchev–Trinajstić information content (AvgIpc) is 2.46. The Balaban J connectivity index is 2.09. The molecule has 20 heavy (non-hydrogen) atoms. The number of carbonyl (C=O) groups excluding carboxylic acids is 1. The maximum atomic E-state index is 12.2. The Kier molecular flexibility index (Phi) is 4.65. The van der Waals surface area contributed by atoms with Crippen molar-refractivity contribution in [1.29, 1.82) is 0 Å². The van der Waals surface area contributed by atoms with Crippen molar-refractivity contribution in [2.75, 3.05) is 11.9 Å². The fourth-order valence-electron chi connectivity index (χ4n) is 1.86. The first-order valence-electron chi connectivity index (χ1n) is 6.58. The normalized spacial score (nSPS) is 10.1. The zero-order valence-electron chi connectivity index (χ0n) is 11.7. The molecule has 0 aliphatic rings. The molecule has 0 saturated heterocycles. The summed E-state index contributed by atoms with van der Waals surface area (Å²) < 4.78 is 0. The van der Waals surface area contributed by atoms with Gasteiger partial charge in [0.1, 0.15) is 0 Å². The number of pyridine rings is 2. The van der Waals surface area contributed by atoms with Gasteiger partial charge in [-0.15, -0.1) is 0 Å². The van der Waals surface area contributed by atoms with Crippen molar-refractivity contribution < 1.29 is 4.79 Å². The van der Waals surface area contributed by atoms with Crippen LogP contribution in [0.25, 0.3) is 0 Å². The molecule has 2 aromatic heterocycles. The lowest BCUT2D eigenvalue weighted by Gasteiger charge is -2.11. The predicted octanol–water partition coefficient (Wildman–Crippen LogP) is 2.15. The lowest BCUT2D eigenvalue weighted by molar-refractivity contribution is 0.0951. The van der Waals surface area contributed by atoms with Crippen LogP contribution in [-0.2, 0) is 6.54 Å². The first-order valence-corrected chi connectivity index (χ1v) is 6.58. The Morgan fingerprint density at radius 1 is 1.35 bits per heavy atom. The second-order valence-corrected chi connectivity index (χ2v) is 4.45. The van der Waals surface area contributed by atoms with Crippen LogP contribution in [0.3, 0.4) is 0 Å². The maximum absolute atomic E-state index is 12.2. The van der Waals surface area contributed by atoms with Gasteiger partial charge < -0.3 is 10.6 Å². The number of hydrogen-bond acceptors (Lipinski definition) is 4. The molecule has 0 aliphatic carbocycles. The Hall–Kier alpha value is -2.43. The van der Waals surface area contributed by atoms with Crippen molar-refractivity contribution in [2.45, 2.75) is 20.4 Å². The molecule has 2 aromatic rings. The Morgan fingerprint density at radius 2 is 2.20 bits per heavy atom. The zero-order valence-corrected chi connectivity index (χ0v) is 11.7. The molecule has 2 rings (SSSR count). The highest BCUT2D eigenvalue weighted by Crippen LogP contribution is 2.15. The number of nitrogens with zero attached hydrogens (tertiary/aromatic N) is 2. The lowest BCUT2D eigenvalue weighted by Crippen LogP contribution is -2.24. The molecule has 0 aliphatic heterocycles. The zero-order chi connectivity index (χ0) is 14.4. The van der Waals surface area contributed by atoms with E-state index in [4.69, 9.17) is 0 Å². The van der Waals surface area contributed by atoms with Crippen LogP contribution < -0.4 is 10.6 Å². The highest BCUT2D eigenvalue weighted by atomic mass is 16.1. The first-order chi connectivity index (χ1) is 9.70. The Bertz CT molecular complexity index is 584. The summed E-state index contributed by atoms with van der Waals surface area (Å²) in [4.78, 5) is 20.4. The van der Waals surface area contributed by atoms with Crippen LogP contribution in [0.2, 0.25) is 0 Å². The van der Waals surface area contributed by atoms with Crippen molar-refractivity contribution in [3.8, 4) is 0 Å². The van der Waals surface area contributed by atoms with E-state index in [1.54, 1.807) is 18.6 Å². The molecule has 0 atom stereocenters. The fourth-order valence-corrected chi connectivity index (χ4v) is 1.86. The first kappa shape index (κ1) is 14.0. The van der Waals surface area contributed by atoms with Gasteiger partial charge in [0.15, 0.2) is 0 Å². The summed E-state index contributed by atoms with van der Waals surface area (Å²) in [5.41, 5.74) is 3.21. The van der Waals surface area contributed by atoms with E-state index in [1.807, 2.05) is 32.0 Å². The van der Waals surface area contributed by atoms with Gasteiger partial charge in [-0.05, 0) is 31.5 Å². The molecule has 104 valence electrons. The minimum absolute atomic E-state index is 0.141. The maximum Gasteiger partial charge on any atom is 0.255 e. The molecule has 2 heterocycles. The molecule has 0 saturated carbocycles. The lowest BCUT2D eigenvalue weighted by atomic mass is 10.2. The van der Waals surface area contributed by atoms with Crippen LogP contribution in [-0.4, -0.2) is 22.4 Å². The predicted molar refractivity (Wildman–Crippen MR) is 78.5 cm³/mol. The number of aryl methyl sites for hydroxylation is 1. The summed E-state index contributed by atoms with van der Waals surface area (Å²) in [5.74, 6) is -0.141. The van der Waals surface area contributed by atoms with Gasteiger partial charge in [-0.25, -0.2) is 0 Å². The van der Waals surface area contributed by atoms with Gasteiger partial charge in [0.05, 0.1) is 11.3 Å². The minimum atomic E-state index is -0.141. The largest absolute Gasteiger partial charge is 0.385 e. The van der Waals surface area contributed by atoms with Crippen LogP contribution in [0.5, 0.6) is 0 Å². The monoisotopic (exact) mass is 270 g/mol. The van der Waals surface area contributed by atoms with E-state index in [1.165, 1.54) is 0 Å². The number of aromatic nitrogens is 2. The summed E-state index contributed by atoms with van der Waals surface area (Å²) in [6.45, 7) is 5.10. The number of hydrogen-bond donors (Lipinski definition) is 2. The summed E-state index contributed by atoms with van der Waals surface area (Å²) in [7, 11) is 0. The molecule has 0 radical (unpaired) electrons. The SMILES string of the molecule is CCNc1cc(C)ncc1C(=O)NCc1cccnc1. The minimum Gasteiger partial charge on any atom is -0.385 e. The standard InChI is InChI=1S/C15H18N4O/c1-3-17-14-7-11(2)18-10-13(14)15(20)19-9-12-5-4-6-16-8-12/h4-8,10H,3,9H2,1-2H3,(H,17,18)(H,19,20). The summed E-state index contributed by atoms with van der Waals surface area (Å²) in [6, 6.07) is 5.65. The van der Waals surface area contributed by atoms with Crippen LogP contribution in [0.15, 0.2) is 36.8 Å². The third kappa shape index (κ3) is 3.54. The molecule has 5 heteroatoms. The molecular weight excluding hydrogens is 252 g/mol. The number of carbonyl (C=O) groups is 1. The van der Waals surface area contributed by atoms with Crippen molar-refractivity contribution in [3.63, 3.8) is 0 Å². The summed E-state index contributed by atoms with van der Waals surface area (Å²) in [6.07, 6.45) is 5.04. The van der Waals surface area contributed by atoms with E-state index in [-0.39, 0.29) is 5.91 Å². The van der Waals surface area contributed by atoms with Crippen LogP contribution >= 0.6 is 0 Å². The van der Waals surface area contributed by atoms with E-state index < -0.39 is 0 Å². The van der Waals surface area contributed by atoms with Gasteiger partial charge in [-0.1, -0.05) is 6.07 Å². The highest BCUT2D eigenvalue weighted by molar-refractivity contribution is 5.99. The Labute approximate surface area is 118 Å². The van der Waals surface area contributed by atoms with Gasteiger partial charge >= 0.3 is 0 Å². The van der Waals surface area contributed by atoms with Crippen LogP contribution in [0.4, 0.5) is 5.69 Å². The van der Waals surface area contributed by atoms with Gasteiger partial charge in [0, 0.05) is 37.4 Å². The molecule has 5 nitrogen and oxygen atoms in total. The number of rotatable bonds is 5. The second-order valence-electron chi connectivity index (χ2n) is 4.45. The van der Waals surface area contributed by atoms with E-state index in [0.717, 1.165) is 23.5 Å². The summed E-state index contributed by atoms with van der Waals surface area (Å²) in [5, 5.41) is 6.06. The molecule has 0 spiro atoms. The van der Waals surface area contributed by atoms with E-state index >= 15 is 0 Å². The van der Waals surface area contributed by atoms with E-state index in [0.29, 0.717) is 12.1 Å². The highest BCUT2D eigenvalue weighted by Gasteiger charge is 2.11. The van der Waals surface area contributed by atoms with Crippen molar-refractivity contribution in [2.24, 2.45) is 0 Å². The topological polar surface area (TPSA) is 66.9 Å². The molecular formula is C15H18N4O. The third-order valence-electron chi connectivity index (χ3n) is 2.83. The molecule has 0 unspecified atom stereocenters. The van der Waals surface area contributed by atoms with Gasteiger partial charge in [0.25, 0.3) is 5.91 Å². The second kappa shape index (κ2) is 6.65. The molecule has 2 N–H and O–H groups in total. The van der Waals surface area contributed by atoms with Crippen molar-refractivity contribution >= 4 is 11.6 Å². The quantitative estimate of drug-likeness (QED) is 0.873. The van der Waals surface area contributed by atoms with Crippen molar-refractivity contribution in [3.05, 3.63) is 53.6 Å². The van der Waals surface area contributed by atoms with Gasteiger partial charge in [-0.3, -0.25) is 14.8 Å². The third-order valence-corrected chi connectivity index (χ3v) is 2.83. The van der Waals surface area contributed by atoms with Gasteiger partial charge in [0.2, 0.25) is 0 Å². The molecule has 1 amide bonds.